The number of nitriles is 2. The second kappa shape index (κ2) is 3.38. The second-order valence-corrected chi connectivity index (χ2v) is 2.31. The third-order valence-corrected chi connectivity index (χ3v) is 1.43. The minimum atomic E-state index is -1.39. The van der Waals surface area contributed by atoms with Gasteiger partial charge in [-0.25, -0.2) is 0 Å². The Morgan fingerprint density at radius 1 is 1.15 bits per heavy atom. The van der Waals surface area contributed by atoms with E-state index in [2.05, 4.69) is 0 Å². The molecule has 1 aromatic rings. The first kappa shape index (κ1) is 8.76. The second-order valence-electron chi connectivity index (χ2n) is 2.31. The van der Waals surface area contributed by atoms with Crippen LogP contribution in [-0.4, -0.2) is 5.97 Å². The maximum atomic E-state index is 10.4. The van der Waals surface area contributed by atoms with E-state index in [1.165, 1.54) is 6.07 Å². The van der Waals surface area contributed by atoms with E-state index in [0.717, 1.165) is 12.1 Å². The molecule has 0 N–H and O–H groups in total. The minimum Gasteiger partial charge on any atom is -0.545 e. The smallest absolute Gasteiger partial charge is 0.0992 e. The maximum Gasteiger partial charge on any atom is 0.0992 e. The molecule has 0 fully saturated rings. The number of hydrogen-bond acceptors (Lipinski definition) is 4. The number of hydrogen-bond donors (Lipinski definition) is 0. The summed E-state index contributed by atoms with van der Waals surface area (Å²) in [6.07, 6.45) is 0. The Morgan fingerprint density at radius 3 is 1.92 bits per heavy atom. The van der Waals surface area contributed by atoms with Gasteiger partial charge in [-0.3, -0.25) is 0 Å². The van der Waals surface area contributed by atoms with Crippen LogP contribution < -0.4 is 5.11 Å². The Labute approximate surface area is 74.3 Å². The molecular weight excluding hydrogens is 168 g/mol. The number of rotatable bonds is 1. The summed E-state index contributed by atoms with van der Waals surface area (Å²) in [7, 11) is 0. The maximum absolute atomic E-state index is 10.4. The molecule has 0 aliphatic carbocycles. The number of carboxylic acids is 1. The van der Waals surface area contributed by atoms with Crippen LogP contribution in [0.3, 0.4) is 0 Å². The van der Waals surface area contributed by atoms with Crippen LogP contribution in [0.25, 0.3) is 0 Å². The Balaban J connectivity index is 3.35. The van der Waals surface area contributed by atoms with Gasteiger partial charge in [0.2, 0.25) is 0 Å². The first-order valence-corrected chi connectivity index (χ1v) is 3.34. The van der Waals surface area contributed by atoms with Crippen molar-refractivity contribution in [1.82, 2.24) is 0 Å². The van der Waals surface area contributed by atoms with Crippen molar-refractivity contribution in [3.8, 4) is 12.1 Å². The number of benzene rings is 1. The van der Waals surface area contributed by atoms with Gasteiger partial charge < -0.3 is 9.90 Å². The van der Waals surface area contributed by atoms with Gasteiger partial charge in [-0.2, -0.15) is 10.5 Å². The molecule has 0 radical (unpaired) electrons. The van der Waals surface area contributed by atoms with Crippen molar-refractivity contribution in [3.05, 3.63) is 34.9 Å². The zero-order chi connectivity index (χ0) is 9.84. The summed E-state index contributed by atoms with van der Waals surface area (Å²) in [4.78, 5) is 10.4. The van der Waals surface area contributed by atoms with Crippen molar-refractivity contribution in [3.63, 3.8) is 0 Å². The molecule has 1 rings (SSSR count). The van der Waals surface area contributed by atoms with E-state index in [0.29, 0.717) is 0 Å². The fraction of sp³-hybridized carbons (Fsp3) is 0. The molecule has 4 heteroatoms. The Kier molecular flexibility index (Phi) is 2.28. The van der Waals surface area contributed by atoms with E-state index in [1.807, 2.05) is 0 Å². The number of carbonyl (C=O) groups excluding carboxylic acids is 1. The van der Waals surface area contributed by atoms with Gasteiger partial charge in [0.25, 0.3) is 0 Å². The zero-order valence-corrected chi connectivity index (χ0v) is 6.44. The van der Waals surface area contributed by atoms with Crippen LogP contribution >= 0.6 is 0 Å². The van der Waals surface area contributed by atoms with Crippen LogP contribution in [0.15, 0.2) is 18.2 Å². The summed E-state index contributed by atoms with van der Waals surface area (Å²) in [5.74, 6) is -1.39. The molecule has 4 nitrogen and oxygen atoms in total. The summed E-state index contributed by atoms with van der Waals surface area (Å²) in [6.45, 7) is 0. The molecule has 0 atom stereocenters. The molecular formula is C9H3N2O2-. The molecule has 0 amide bonds. The van der Waals surface area contributed by atoms with Crippen LogP contribution in [0.5, 0.6) is 0 Å². The molecule has 0 spiro atoms. The van der Waals surface area contributed by atoms with Crippen molar-refractivity contribution >= 4 is 5.97 Å². The van der Waals surface area contributed by atoms with Gasteiger partial charge in [-0.15, -0.1) is 0 Å². The van der Waals surface area contributed by atoms with Gasteiger partial charge in [0.15, 0.2) is 0 Å². The number of carboxylic acid groups (broad SMARTS) is 1. The summed E-state index contributed by atoms with van der Waals surface area (Å²) < 4.78 is 0. The van der Waals surface area contributed by atoms with Gasteiger partial charge >= 0.3 is 0 Å². The molecule has 0 unspecified atom stereocenters. The molecule has 13 heavy (non-hydrogen) atoms. The molecule has 0 saturated carbocycles. The van der Waals surface area contributed by atoms with E-state index < -0.39 is 5.97 Å². The Morgan fingerprint density at radius 2 is 1.62 bits per heavy atom. The largest absolute Gasteiger partial charge is 0.545 e. The van der Waals surface area contributed by atoms with E-state index in [1.54, 1.807) is 12.1 Å². The first-order valence-electron chi connectivity index (χ1n) is 3.34. The van der Waals surface area contributed by atoms with Gasteiger partial charge in [-0.05, 0) is 23.8 Å². The van der Waals surface area contributed by atoms with Gasteiger partial charge in [0, 0.05) is 0 Å². The predicted octanol–water partition coefficient (Wildman–Crippen LogP) is -0.207. The van der Waals surface area contributed by atoms with Crippen LogP contribution in [-0.2, 0) is 0 Å². The third-order valence-electron chi connectivity index (χ3n) is 1.43. The highest BCUT2D eigenvalue weighted by Gasteiger charge is 2.00. The van der Waals surface area contributed by atoms with Crippen LogP contribution in [0, 0.1) is 22.7 Å². The normalized spacial score (nSPS) is 8.46. The molecule has 0 aliphatic rings. The quantitative estimate of drug-likeness (QED) is 0.585. The number of carbonyl (C=O) groups is 1. The van der Waals surface area contributed by atoms with Crippen LogP contribution in [0.4, 0.5) is 0 Å². The lowest BCUT2D eigenvalue weighted by Gasteiger charge is -2.02. The average molecular weight is 171 g/mol. The van der Waals surface area contributed by atoms with Crippen molar-refractivity contribution in [1.29, 1.82) is 10.5 Å². The minimum absolute atomic E-state index is 0.137. The highest BCUT2D eigenvalue weighted by atomic mass is 16.4. The Bertz CT molecular complexity index is 406. The van der Waals surface area contributed by atoms with Gasteiger partial charge in [0.05, 0.1) is 29.2 Å². The summed E-state index contributed by atoms with van der Waals surface area (Å²) in [5, 5.41) is 27.4. The fourth-order valence-electron chi connectivity index (χ4n) is 0.875. The van der Waals surface area contributed by atoms with Gasteiger partial charge in [0.1, 0.15) is 0 Å². The van der Waals surface area contributed by atoms with Crippen molar-refractivity contribution in [2.75, 3.05) is 0 Å². The van der Waals surface area contributed by atoms with Crippen molar-refractivity contribution in [2.45, 2.75) is 0 Å². The highest BCUT2D eigenvalue weighted by Crippen LogP contribution is 2.07. The number of nitrogens with zero attached hydrogens (tertiary/aromatic N) is 2. The SMILES string of the molecule is N#Cc1cc(C#N)cc(C(=O)[O-])c1. The predicted molar refractivity (Wildman–Crippen MR) is 40.2 cm³/mol. The zero-order valence-electron chi connectivity index (χ0n) is 6.44. The van der Waals surface area contributed by atoms with Crippen molar-refractivity contribution < 1.29 is 9.90 Å². The topological polar surface area (TPSA) is 87.7 Å². The molecule has 0 aliphatic heterocycles. The lowest BCUT2D eigenvalue weighted by molar-refractivity contribution is -0.255. The van der Waals surface area contributed by atoms with E-state index in [4.69, 9.17) is 10.5 Å². The van der Waals surface area contributed by atoms with Crippen LogP contribution in [0.1, 0.15) is 21.5 Å². The standard InChI is InChI=1S/C9H4N2O2/c10-4-6-1-7(5-11)3-8(2-6)9(12)13/h1-3H,(H,12,13)/p-1. The molecule has 0 heterocycles. The third kappa shape index (κ3) is 1.82. The van der Waals surface area contributed by atoms with E-state index in [9.17, 15) is 9.90 Å². The summed E-state index contributed by atoms with van der Waals surface area (Å²) in [6, 6.07) is 7.15. The molecule has 62 valence electrons. The monoisotopic (exact) mass is 171 g/mol. The molecule has 1 aromatic carbocycles. The molecule has 0 aromatic heterocycles. The lowest BCUT2D eigenvalue weighted by atomic mass is 10.1. The number of aromatic carboxylic acids is 1. The van der Waals surface area contributed by atoms with Crippen molar-refractivity contribution in [2.24, 2.45) is 0 Å². The first-order chi connectivity index (χ1) is 6.17. The molecule has 0 bridgehead atoms. The average Bonchev–Trinajstić information content (AvgIpc) is 2.16. The summed E-state index contributed by atoms with van der Waals surface area (Å²) in [5.41, 5.74) is 0.118. The van der Waals surface area contributed by atoms with Crippen LogP contribution in [0.2, 0.25) is 0 Å². The molecule has 0 saturated heterocycles. The Hall–Kier alpha value is -2.33. The lowest BCUT2D eigenvalue weighted by Crippen LogP contribution is -2.22. The van der Waals surface area contributed by atoms with E-state index in [-0.39, 0.29) is 16.7 Å². The summed E-state index contributed by atoms with van der Waals surface area (Å²) >= 11 is 0. The highest BCUT2D eigenvalue weighted by molar-refractivity contribution is 5.86. The van der Waals surface area contributed by atoms with Gasteiger partial charge in [-0.1, -0.05) is 0 Å². The van der Waals surface area contributed by atoms with E-state index >= 15 is 0 Å². The fourth-order valence-corrected chi connectivity index (χ4v) is 0.875.